The second-order valence-corrected chi connectivity index (χ2v) is 11.5. The number of ether oxygens (including phenoxy) is 1. The molecule has 0 bridgehead atoms. The van der Waals surface area contributed by atoms with Gasteiger partial charge in [-0.05, 0) is 58.0 Å². The summed E-state index contributed by atoms with van der Waals surface area (Å²) in [7, 11) is -2.52. The standard InChI is InChI=1S/C24H31Cl2N3O4S/c1-24(2,29-11-7-4-8-12-29)16-27-23(30)18-13-22(20(26)14-19(18)25)34(31,32)28-15-17-9-5-6-10-21(17)33-3/h5-6,9-10,13-14,28H,4,7-8,11-12,15-16H2,1-3H3,(H,27,30). The van der Waals surface area contributed by atoms with E-state index in [2.05, 4.69) is 28.8 Å². The fourth-order valence-electron chi connectivity index (χ4n) is 4.01. The smallest absolute Gasteiger partial charge is 0.252 e. The molecule has 1 aliphatic heterocycles. The van der Waals surface area contributed by atoms with E-state index in [1.165, 1.54) is 25.7 Å². The van der Waals surface area contributed by atoms with Crippen LogP contribution in [0.2, 0.25) is 10.0 Å². The number of likely N-dealkylation sites (tertiary alicyclic amines) is 1. The first-order chi connectivity index (χ1) is 16.0. The molecule has 0 spiro atoms. The van der Waals surface area contributed by atoms with Gasteiger partial charge in [-0.3, -0.25) is 9.69 Å². The Balaban J connectivity index is 1.76. The molecule has 1 heterocycles. The number of nitrogens with one attached hydrogen (secondary N) is 2. The van der Waals surface area contributed by atoms with Gasteiger partial charge >= 0.3 is 0 Å². The zero-order valence-corrected chi connectivity index (χ0v) is 22.0. The van der Waals surface area contributed by atoms with Crippen molar-refractivity contribution in [3.8, 4) is 5.75 Å². The largest absolute Gasteiger partial charge is 0.496 e. The van der Waals surface area contributed by atoms with Crippen LogP contribution >= 0.6 is 23.2 Å². The number of carbonyl (C=O) groups is 1. The summed E-state index contributed by atoms with van der Waals surface area (Å²) >= 11 is 12.5. The third kappa shape index (κ3) is 6.43. The average molecular weight is 529 g/mol. The van der Waals surface area contributed by atoms with Crippen molar-refractivity contribution in [1.82, 2.24) is 14.9 Å². The molecule has 0 atom stereocenters. The molecule has 1 aliphatic rings. The van der Waals surface area contributed by atoms with Crippen LogP contribution in [-0.2, 0) is 16.6 Å². The number of piperidine rings is 1. The van der Waals surface area contributed by atoms with Crippen LogP contribution in [0.15, 0.2) is 41.3 Å². The van der Waals surface area contributed by atoms with E-state index in [1.54, 1.807) is 24.3 Å². The minimum Gasteiger partial charge on any atom is -0.496 e. The van der Waals surface area contributed by atoms with Gasteiger partial charge in [0, 0.05) is 24.2 Å². The molecule has 1 saturated heterocycles. The fraction of sp³-hybridized carbons (Fsp3) is 0.458. The van der Waals surface area contributed by atoms with Crippen LogP contribution in [0.5, 0.6) is 5.75 Å². The predicted octanol–water partition coefficient (Wildman–Crippen LogP) is 4.47. The van der Waals surface area contributed by atoms with Crippen molar-refractivity contribution in [3.05, 3.63) is 57.6 Å². The van der Waals surface area contributed by atoms with Crippen molar-refractivity contribution in [2.24, 2.45) is 0 Å². The quantitative estimate of drug-likeness (QED) is 0.502. The number of methoxy groups -OCH3 is 1. The number of para-hydroxylation sites is 1. The maximum Gasteiger partial charge on any atom is 0.252 e. The zero-order valence-electron chi connectivity index (χ0n) is 19.7. The summed E-state index contributed by atoms with van der Waals surface area (Å²) in [6.07, 6.45) is 3.51. The van der Waals surface area contributed by atoms with Crippen LogP contribution in [0.3, 0.4) is 0 Å². The van der Waals surface area contributed by atoms with Gasteiger partial charge in [-0.1, -0.05) is 47.8 Å². The molecular weight excluding hydrogens is 497 g/mol. The molecule has 0 aromatic heterocycles. The highest BCUT2D eigenvalue weighted by molar-refractivity contribution is 7.89. The van der Waals surface area contributed by atoms with Crippen molar-refractivity contribution in [1.29, 1.82) is 0 Å². The molecule has 7 nitrogen and oxygen atoms in total. The van der Waals surface area contributed by atoms with Crippen LogP contribution < -0.4 is 14.8 Å². The summed E-state index contributed by atoms with van der Waals surface area (Å²) in [6, 6.07) is 9.59. The predicted molar refractivity (Wildman–Crippen MR) is 135 cm³/mol. The SMILES string of the molecule is COc1ccccc1CNS(=O)(=O)c1cc(C(=O)NCC(C)(C)N2CCCCC2)c(Cl)cc1Cl. The van der Waals surface area contributed by atoms with Crippen LogP contribution in [0.1, 0.15) is 49.0 Å². The molecule has 0 aliphatic carbocycles. The summed E-state index contributed by atoms with van der Waals surface area (Å²) in [4.78, 5) is 15.1. The molecule has 2 aromatic carbocycles. The number of sulfonamides is 1. The number of rotatable bonds is 9. The number of hydrogen-bond donors (Lipinski definition) is 2. The first-order valence-electron chi connectivity index (χ1n) is 11.2. The van der Waals surface area contributed by atoms with Gasteiger partial charge in [-0.15, -0.1) is 0 Å². The van der Waals surface area contributed by atoms with Gasteiger partial charge in [0.25, 0.3) is 5.91 Å². The van der Waals surface area contributed by atoms with E-state index in [4.69, 9.17) is 27.9 Å². The van der Waals surface area contributed by atoms with Gasteiger partial charge in [0.15, 0.2) is 0 Å². The lowest BCUT2D eigenvalue weighted by Gasteiger charge is -2.41. The minimum absolute atomic E-state index is 0.00312. The fourth-order valence-corrected chi connectivity index (χ4v) is 5.87. The Morgan fingerprint density at radius 1 is 1.09 bits per heavy atom. The highest BCUT2D eigenvalue weighted by Gasteiger charge is 2.29. The number of benzene rings is 2. The second kappa shape index (κ2) is 11.3. The Morgan fingerprint density at radius 2 is 1.76 bits per heavy atom. The van der Waals surface area contributed by atoms with Gasteiger partial charge in [0.2, 0.25) is 10.0 Å². The molecule has 0 radical (unpaired) electrons. The number of amides is 1. The average Bonchev–Trinajstić information content (AvgIpc) is 2.82. The third-order valence-electron chi connectivity index (χ3n) is 6.09. The number of nitrogens with zero attached hydrogens (tertiary/aromatic N) is 1. The molecule has 1 amide bonds. The monoisotopic (exact) mass is 527 g/mol. The molecular formula is C24H31Cl2N3O4S. The van der Waals surface area contributed by atoms with Crippen LogP contribution in [0, 0.1) is 0 Å². The molecule has 186 valence electrons. The van der Waals surface area contributed by atoms with Gasteiger partial charge in [0.1, 0.15) is 10.6 Å². The van der Waals surface area contributed by atoms with Crippen molar-refractivity contribution >= 4 is 39.1 Å². The Morgan fingerprint density at radius 3 is 2.44 bits per heavy atom. The number of carbonyl (C=O) groups excluding carboxylic acids is 1. The van der Waals surface area contributed by atoms with Crippen molar-refractivity contribution in [3.63, 3.8) is 0 Å². The molecule has 2 N–H and O–H groups in total. The molecule has 34 heavy (non-hydrogen) atoms. The second-order valence-electron chi connectivity index (χ2n) is 8.94. The summed E-state index contributed by atoms with van der Waals surface area (Å²) in [5.41, 5.74) is 0.481. The highest BCUT2D eigenvalue weighted by Crippen LogP contribution is 2.29. The van der Waals surface area contributed by atoms with E-state index < -0.39 is 15.9 Å². The van der Waals surface area contributed by atoms with E-state index >= 15 is 0 Å². The molecule has 0 unspecified atom stereocenters. The van der Waals surface area contributed by atoms with Crippen molar-refractivity contribution in [2.75, 3.05) is 26.7 Å². The third-order valence-corrected chi connectivity index (χ3v) is 8.27. The lowest BCUT2D eigenvalue weighted by Crippen LogP contribution is -2.53. The maximum atomic E-state index is 13.0. The van der Waals surface area contributed by atoms with E-state index in [0.717, 1.165) is 25.9 Å². The van der Waals surface area contributed by atoms with Crippen molar-refractivity contribution < 1.29 is 17.9 Å². The topological polar surface area (TPSA) is 87.7 Å². The number of halogens is 2. The number of hydrogen-bond acceptors (Lipinski definition) is 5. The van der Waals surface area contributed by atoms with Gasteiger partial charge in [-0.2, -0.15) is 0 Å². The van der Waals surface area contributed by atoms with E-state index in [1.807, 2.05) is 0 Å². The highest BCUT2D eigenvalue weighted by atomic mass is 35.5. The summed E-state index contributed by atoms with van der Waals surface area (Å²) in [5, 5.41) is 2.93. The van der Waals surface area contributed by atoms with Crippen molar-refractivity contribution in [2.45, 2.75) is 50.1 Å². The Hall–Kier alpha value is -1.84. The molecule has 3 rings (SSSR count). The Labute approximate surface area is 211 Å². The van der Waals surface area contributed by atoms with Crippen LogP contribution in [0.25, 0.3) is 0 Å². The minimum atomic E-state index is -4.03. The van der Waals surface area contributed by atoms with E-state index in [0.29, 0.717) is 17.9 Å². The van der Waals surface area contributed by atoms with Gasteiger partial charge < -0.3 is 10.1 Å². The summed E-state index contributed by atoms with van der Waals surface area (Å²) in [5.74, 6) is 0.108. The van der Waals surface area contributed by atoms with E-state index in [9.17, 15) is 13.2 Å². The lowest BCUT2D eigenvalue weighted by atomic mass is 9.98. The van der Waals surface area contributed by atoms with Gasteiger partial charge in [-0.25, -0.2) is 13.1 Å². The lowest BCUT2D eigenvalue weighted by molar-refractivity contribution is 0.0797. The van der Waals surface area contributed by atoms with Crippen LogP contribution in [0.4, 0.5) is 0 Å². The molecule has 1 fully saturated rings. The maximum absolute atomic E-state index is 13.0. The molecule has 0 saturated carbocycles. The van der Waals surface area contributed by atoms with Crippen LogP contribution in [-0.4, -0.2) is 51.5 Å². The normalized spacial score (nSPS) is 15.2. The zero-order chi connectivity index (χ0) is 24.9. The Kier molecular flexibility index (Phi) is 8.87. The molecule has 2 aromatic rings. The summed E-state index contributed by atoms with van der Waals surface area (Å²) < 4.78 is 33.8. The Bertz CT molecular complexity index is 1130. The first-order valence-corrected chi connectivity index (χ1v) is 13.4. The van der Waals surface area contributed by atoms with E-state index in [-0.39, 0.29) is 32.6 Å². The van der Waals surface area contributed by atoms with Gasteiger partial charge in [0.05, 0.1) is 22.7 Å². The summed E-state index contributed by atoms with van der Waals surface area (Å²) in [6.45, 7) is 6.55. The first kappa shape index (κ1) is 26.8. The molecule has 10 heteroatoms.